The van der Waals surface area contributed by atoms with Gasteiger partial charge in [0.15, 0.2) is 5.96 Å². The van der Waals surface area contributed by atoms with Crippen LogP contribution in [-0.2, 0) is 30.7 Å². The molecule has 0 saturated carbocycles. The van der Waals surface area contributed by atoms with E-state index in [-0.39, 0.29) is 29.9 Å². The highest BCUT2D eigenvalue weighted by atomic mass is 127. The highest BCUT2D eigenvalue weighted by molar-refractivity contribution is 14.0. The number of benzene rings is 1. The molecule has 0 aliphatic carbocycles. The summed E-state index contributed by atoms with van der Waals surface area (Å²) in [4.78, 5) is 18.5. The number of nitrogens with zero attached hydrogens (tertiary/aromatic N) is 5. The molecule has 0 radical (unpaired) electrons. The van der Waals surface area contributed by atoms with Crippen molar-refractivity contribution in [1.29, 1.82) is 0 Å². The van der Waals surface area contributed by atoms with Crippen LogP contribution in [0.15, 0.2) is 29.3 Å². The Morgan fingerprint density at radius 3 is 2.62 bits per heavy atom. The first-order chi connectivity index (χ1) is 15.2. The molecule has 9 heteroatoms. The van der Waals surface area contributed by atoms with Crippen LogP contribution in [0.1, 0.15) is 56.2 Å². The Bertz CT molecular complexity index is 910. The lowest BCUT2D eigenvalue weighted by molar-refractivity contribution is -0.117. The van der Waals surface area contributed by atoms with Gasteiger partial charge in [0, 0.05) is 51.1 Å². The van der Waals surface area contributed by atoms with Crippen LogP contribution < -0.4 is 15.5 Å². The molecular formula is C23H34IN7O. The number of fused-ring (bicyclic) bond motifs is 1. The van der Waals surface area contributed by atoms with Crippen molar-refractivity contribution < 1.29 is 4.79 Å². The van der Waals surface area contributed by atoms with E-state index in [1.54, 1.807) is 0 Å². The first kappa shape index (κ1) is 24.5. The van der Waals surface area contributed by atoms with Gasteiger partial charge in [-0.1, -0.05) is 18.6 Å². The molecular weight excluding hydrogens is 517 g/mol. The lowest BCUT2D eigenvalue weighted by Crippen LogP contribution is -2.38. The fourth-order valence-corrected chi connectivity index (χ4v) is 4.24. The van der Waals surface area contributed by atoms with Gasteiger partial charge in [-0.2, -0.15) is 0 Å². The third-order valence-electron chi connectivity index (χ3n) is 5.91. The van der Waals surface area contributed by atoms with Gasteiger partial charge in [-0.3, -0.25) is 4.79 Å². The van der Waals surface area contributed by atoms with Gasteiger partial charge in [-0.25, -0.2) is 4.99 Å². The van der Waals surface area contributed by atoms with Crippen molar-refractivity contribution in [2.24, 2.45) is 4.99 Å². The van der Waals surface area contributed by atoms with Crippen molar-refractivity contribution in [3.05, 3.63) is 41.5 Å². The predicted molar refractivity (Wildman–Crippen MR) is 138 cm³/mol. The third-order valence-corrected chi connectivity index (χ3v) is 5.91. The molecule has 0 unspecified atom stereocenters. The second kappa shape index (κ2) is 12.2. The normalized spacial score (nSPS) is 16.3. The van der Waals surface area contributed by atoms with E-state index in [0.717, 1.165) is 74.3 Å². The summed E-state index contributed by atoms with van der Waals surface area (Å²) in [6.45, 7) is 6.08. The van der Waals surface area contributed by atoms with Crippen molar-refractivity contribution in [2.45, 2.75) is 65.0 Å². The number of aromatic nitrogens is 3. The summed E-state index contributed by atoms with van der Waals surface area (Å²) in [6.07, 6.45) is 7.16. The van der Waals surface area contributed by atoms with Gasteiger partial charge in [0.2, 0.25) is 5.91 Å². The summed E-state index contributed by atoms with van der Waals surface area (Å²) in [5, 5.41) is 15.5. The summed E-state index contributed by atoms with van der Waals surface area (Å²) in [7, 11) is 0. The first-order valence-electron chi connectivity index (χ1n) is 11.6. The molecule has 1 aromatic carbocycles. The summed E-state index contributed by atoms with van der Waals surface area (Å²) in [5.74, 6) is 3.21. The highest BCUT2D eigenvalue weighted by Gasteiger charge is 2.21. The van der Waals surface area contributed by atoms with Gasteiger partial charge in [-0.15, -0.1) is 34.2 Å². The molecule has 2 N–H and O–H groups in total. The Hall–Kier alpha value is -2.17. The van der Waals surface area contributed by atoms with E-state index in [9.17, 15) is 4.79 Å². The van der Waals surface area contributed by atoms with E-state index in [4.69, 9.17) is 4.99 Å². The number of anilines is 1. The van der Waals surface area contributed by atoms with Gasteiger partial charge in [-0.05, 0) is 43.9 Å². The lowest BCUT2D eigenvalue weighted by atomic mass is 10.2. The monoisotopic (exact) mass is 551 g/mol. The number of amides is 1. The van der Waals surface area contributed by atoms with E-state index in [1.165, 1.54) is 19.3 Å². The highest BCUT2D eigenvalue weighted by Crippen LogP contribution is 2.21. The maximum Gasteiger partial charge on any atom is 0.227 e. The van der Waals surface area contributed by atoms with Gasteiger partial charge in [0.1, 0.15) is 11.6 Å². The fraction of sp³-hybridized carbons (Fsp3) is 0.565. The predicted octanol–water partition coefficient (Wildman–Crippen LogP) is 3.05. The van der Waals surface area contributed by atoms with Crippen LogP contribution in [0.3, 0.4) is 0 Å². The third kappa shape index (κ3) is 6.20. The molecule has 8 nitrogen and oxygen atoms in total. The molecule has 1 amide bonds. The fourth-order valence-electron chi connectivity index (χ4n) is 4.24. The van der Waals surface area contributed by atoms with Crippen LogP contribution >= 0.6 is 24.0 Å². The molecule has 0 bridgehead atoms. The molecule has 2 aliphatic heterocycles. The zero-order valence-electron chi connectivity index (χ0n) is 18.8. The topological polar surface area (TPSA) is 87.4 Å². The van der Waals surface area contributed by atoms with Crippen LogP contribution in [0.5, 0.6) is 0 Å². The number of hydrogen-bond donors (Lipinski definition) is 2. The Morgan fingerprint density at radius 2 is 1.88 bits per heavy atom. The Balaban J connectivity index is 0.00000289. The number of rotatable bonds is 7. The number of aliphatic imine (C=N–C) groups is 1. The number of carbonyl (C=O) groups is 1. The zero-order chi connectivity index (χ0) is 21.5. The van der Waals surface area contributed by atoms with E-state index >= 15 is 0 Å². The lowest BCUT2D eigenvalue weighted by Gasteiger charge is -2.16. The van der Waals surface area contributed by atoms with Crippen LogP contribution in [0.4, 0.5) is 5.69 Å². The standard InChI is InChI=1S/C23H33N7O.HI/c1-2-24-23(25-14-13-21-28-27-20-7-4-3-5-15-30(20)21)26-17-18-9-11-19(12-10-18)29-16-6-8-22(29)31;/h9-12H,2-8,13-17H2,1H3,(H2,24,25,26);1H. The van der Waals surface area contributed by atoms with Crippen molar-refractivity contribution in [1.82, 2.24) is 25.4 Å². The molecule has 1 aromatic heterocycles. The molecule has 0 atom stereocenters. The molecule has 1 saturated heterocycles. The van der Waals surface area contributed by atoms with Crippen molar-refractivity contribution in [2.75, 3.05) is 24.5 Å². The minimum absolute atomic E-state index is 0. The molecule has 3 heterocycles. The summed E-state index contributed by atoms with van der Waals surface area (Å²) in [6, 6.07) is 8.15. The number of guanidine groups is 1. The molecule has 2 aliphatic rings. The molecule has 174 valence electrons. The van der Waals surface area contributed by atoms with E-state index in [2.05, 4.69) is 44.5 Å². The largest absolute Gasteiger partial charge is 0.357 e. The number of halogens is 1. The Morgan fingerprint density at radius 1 is 1.03 bits per heavy atom. The van der Waals surface area contributed by atoms with E-state index in [1.807, 2.05) is 17.0 Å². The van der Waals surface area contributed by atoms with Crippen molar-refractivity contribution in [3.63, 3.8) is 0 Å². The summed E-state index contributed by atoms with van der Waals surface area (Å²) >= 11 is 0. The van der Waals surface area contributed by atoms with Crippen LogP contribution in [0, 0.1) is 0 Å². The Labute approximate surface area is 207 Å². The van der Waals surface area contributed by atoms with Crippen LogP contribution in [0.25, 0.3) is 0 Å². The first-order valence-corrected chi connectivity index (χ1v) is 11.6. The zero-order valence-corrected chi connectivity index (χ0v) is 21.2. The minimum atomic E-state index is 0. The summed E-state index contributed by atoms with van der Waals surface area (Å²) < 4.78 is 2.30. The quantitative estimate of drug-likeness (QED) is 0.314. The number of carbonyl (C=O) groups excluding carboxylic acids is 1. The second-order valence-corrected chi connectivity index (χ2v) is 8.18. The average molecular weight is 551 g/mol. The maximum absolute atomic E-state index is 11.9. The van der Waals surface area contributed by atoms with E-state index in [0.29, 0.717) is 13.0 Å². The minimum Gasteiger partial charge on any atom is -0.357 e. The summed E-state index contributed by atoms with van der Waals surface area (Å²) in [5.41, 5.74) is 2.10. The van der Waals surface area contributed by atoms with Gasteiger partial charge in [0.05, 0.1) is 6.54 Å². The number of nitrogens with one attached hydrogen (secondary N) is 2. The van der Waals surface area contributed by atoms with Crippen molar-refractivity contribution >= 4 is 41.5 Å². The smallest absolute Gasteiger partial charge is 0.227 e. The maximum atomic E-state index is 11.9. The van der Waals surface area contributed by atoms with Crippen LogP contribution in [0.2, 0.25) is 0 Å². The molecule has 4 rings (SSSR count). The van der Waals surface area contributed by atoms with E-state index < -0.39 is 0 Å². The molecule has 32 heavy (non-hydrogen) atoms. The molecule has 1 fully saturated rings. The molecule has 0 spiro atoms. The average Bonchev–Trinajstić information content (AvgIpc) is 3.30. The van der Waals surface area contributed by atoms with Crippen LogP contribution in [-0.4, -0.2) is 46.3 Å². The number of aryl methyl sites for hydroxylation is 1. The van der Waals surface area contributed by atoms with Crippen molar-refractivity contribution in [3.8, 4) is 0 Å². The molecule has 2 aromatic rings. The Kier molecular flexibility index (Phi) is 9.31. The SMILES string of the molecule is CCNC(=NCc1ccc(N2CCCC2=O)cc1)NCCc1nnc2n1CCCCC2.I. The van der Waals surface area contributed by atoms with Gasteiger partial charge in [0.25, 0.3) is 0 Å². The second-order valence-electron chi connectivity index (χ2n) is 8.18. The van der Waals surface area contributed by atoms with Gasteiger partial charge >= 0.3 is 0 Å². The number of hydrogen-bond acceptors (Lipinski definition) is 4. The van der Waals surface area contributed by atoms with Gasteiger partial charge < -0.3 is 20.1 Å².